The van der Waals surface area contributed by atoms with Crippen LogP contribution in [0.5, 0.6) is 0 Å². The van der Waals surface area contributed by atoms with Crippen molar-refractivity contribution < 1.29 is 21.8 Å². The summed E-state index contributed by atoms with van der Waals surface area (Å²) in [6, 6.07) is 2.04. The zero-order chi connectivity index (χ0) is 13.4. The van der Waals surface area contributed by atoms with E-state index in [1.807, 2.05) is 0 Å². The number of rotatable bonds is 3. The molecule has 1 rings (SSSR count). The largest absolute Gasteiger partial charge is 0.289 e. The number of benzene rings is 1. The molecule has 0 bridgehead atoms. The van der Waals surface area contributed by atoms with Crippen molar-refractivity contribution in [2.75, 3.05) is 0 Å². The van der Waals surface area contributed by atoms with Crippen molar-refractivity contribution in [1.29, 1.82) is 0 Å². The SMILES string of the molecule is O=[N+]([O-])c1ccc(S(=O)(=O)Cl)cc1S(=O)(=O)Cl. The lowest BCUT2D eigenvalue weighted by Crippen LogP contribution is -2.01. The first-order chi connectivity index (χ1) is 7.53. The Morgan fingerprint density at radius 1 is 1.06 bits per heavy atom. The minimum Gasteiger partial charge on any atom is -0.258 e. The van der Waals surface area contributed by atoms with Crippen LogP contribution in [0.4, 0.5) is 5.69 Å². The van der Waals surface area contributed by atoms with E-state index < -0.39 is 38.5 Å². The Morgan fingerprint density at radius 2 is 1.59 bits per heavy atom. The molecule has 0 aliphatic carbocycles. The van der Waals surface area contributed by atoms with Crippen LogP contribution in [-0.2, 0) is 18.1 Å². The molecule has 0 radical (unpaired) electrons. The fourth-order valence-corrected chi connectivity index (χ4v) is 2.87. The lowest BCUT2D eigenvalue weighted by atomic mass is 10.3. The normalized spacial score (nSPS) is 12.4. The molecule has 0 fully saturated rings. The fourth-order valence-electron chi connectivity index (χ4n) is 0.992. The second-order valence-electron chi connectivity index (χ2n) is 2.76. The summed E-state index contributed by atoms with van der Waals surface area (Å²) >= 11 is 0. The molecular formula is C6H3Cl2NO6S2. The Hall–Kier alpha value is -0.900. The van der Waals surface area contributed by atoms with Gasteiger partial charge in [0.05, 0.1) is 9.82 Å². The Labute approximate surface area is 105 Å². The van der Waals surface area contributed by atoms with Gasteiger partial charge in [-0.1, -0.05) is 0 Å². The van der Waals surface area contributed by atoms with Gasteiger partial charge in [-0.3, -0.25) is 10.1 Å². The average Bonchev–Trinajstić information content (AvgIpc) is 2.14. The first-order valence-electron chi connectivity index (χ1n) is 3.71. The maximum atomic E-state index is 11.1. The van der Waals surface area contributed by atoms with Gasteiger partial charge in [0.2, 0.25) is 0 Å². The molecule has 7 nitrogen and oxygen atoms in total. The predicted molar refractivity (Wildman–Crippen MR) is 59.2 cm³/mol. The monoisotopic (exact) mass is 319 g/mol. The highest BCUT2D eigenvalue weighted by Crippen LogP contribution is 2.30. The number of nitro groups is 1. The molecule has 94 valence electrons. The molecule has 0 aliphatic heterocycles. The third-order valence-electron chi connectivity index (χ3n) is 1.67. The predicted octanol–water partition coefficient (Wildman–Crippen LogP) is 1.45. The van der Waals surface area contributed by atoms with Crippen molar-refractivity contribution in [3.63, 3.8) is 0 Å². The van der Waals surface area contributed by atoms with E-state index in [-0.39, 0.29) is 0 Å². The van der Waals surface area contributed by atoms with Crippen LogP contribution in [0, 0.1) is 10.1 Å². The van der Waals surface area contributed by atoms with Gasteiger partial charge in [-0.05, 0) is 12.1 Å². The zero-order valence-corrected chi connectivity index (χ0v) is 10.8. The van der Waals surface area contributed by atoms with Gasteiger partial charge >= 0.3 is 0 Å². The number of nitrogens with zero attached hydrogens (tertiary/aromatic N) is 1. The average molecular weight is 320 g/mol. The quantitative estimate of drug-likeness (QED) is 0.473. The van der Waals surface area contributed by atoms with Gasteiger partial charge in [0.15, 0.2) is 4.90 Å². The Balaban J connectivity index is 3.69. The Kier molecular flexibility index (Phi) is 3.67. The van der Waals surface area contributed by atoms with Crippen molar-refractivity contribution in [1.82, 2.24) is 0 Å². The molecule has 0 atom stereocenters. The number of nitro benzene ring substituents is 1. The summed E-state index contributed by atoms with van der Waals surface area (Å²) in [4.78, 5) is 8.01. The molecule has 0 unspecified atom stereocenters. The maximum absolute atomic E-state index is 11.1. The summed E-state index contributed by atoms with van der Waals surface area (Å²) in [5.41, 5.74) is -0.830. The Morgan fingerprint density at radius 3 is 1.94 bits per heavy atom. The lowest BCUT2D eigenvalue weighted by molar-refractivity contribution is -0.387. The van der Waals surface area contributed by atoms with E-state index in [2.05, 4.69) is 0 Å². The summed E-state index contributed by atoms with van der Waals surface area (Å²) in [7, 11) is 1.28. The van der Waals surface area contributed by atoms with Crippen LogP contribution in [0.3, 0.4) is 0 Å². The fraction of sp³-hybridized carbons (Fsp3) is 0. The zero-order valence-electron chi connectivity index (χ0n) is 7.70. The summed E-state index contributed by atoms with van der Waals surface area (Å²) in [5, 5.41) is 10.5. The summed E-state index contributed by atoms with van der Waals surface area (Å²) < 4.78 is 44.0. The summed E-state index contributed by atoms with van der Waals surface area (Å²) in [5.74, 6) is 0. The topological polar surface area (TPSA) is 111 Å². The van der Waals surface area contributed by atoms with E-state index in [1.54, 1.807) is 0 Å². The minimum atomic E-state index is -4.45. The van der Waals surface area contributed by atoms with Gasteiger partial charge in [0.25, 0.3) is 23.8 Å². The molecule has 0 aliphatic rings. The second kappa shape index (κ2) is 4.41. The molecule has 1 aromatic carbocycles. The molecule has 1 aromatic rings. The summed E-state index contributed by atoms with van der Waals surface area (Å²) in [6.45, 7) is 0. The highest BCUT2D eigenvalue weighted by molar-refractivity contribution is 8.14. The van der Waals surface area contributed by atoms with E-state index in [0.29, 0.717) is 12.1 Å². The molecule has 0 saturated heterocycles. The van der Waals surface area contributed by atoms with Crippen LogP contribution in [0.15, 0.2) is 28.0 Å². The van der Waals surface area contributed by atoms with Crippen LogP contribution in [0.2, 0.25) is 0 Å². The molecule has 0 saturated carbocycles. The van der Waals surface area contributed by atoms with Gasteiger partial charge in [0.1, 0.15) is 0 Å². The number of halogens is 2. The highest BCUT2D eigenvalue weighted by atomic mass is 35.7. The first-order valence-corrected chi connectivity index (χ1v) is 8.33. The third kappa shape index (κ3) is 3.28. The van der Waals surface area contributed by atoms with Gasteiger partial charge in [0, 0.05) is 27.4 Å². The molecular weight excluding hydrogens is 317 g/mol. The Bertz CT molecular complexity index is 680. The van der Waals surface area contributed by atoms with Crippen molar-refractivity contribution in [2.24, 2.45) is 0 Å². The number of hydrogen-bond donors (Lipinski definition) is 0. The summed E-state index contributed by atoms with van der Waals surface area (Å²) in [6.07, 6.45) is 0. The van der Waals surface area contributed by atoms with E-state index >= 15 is 0 Å². The van der Waals surface area contributed by atoms with Crippen molar-refractivity contribution >= 4 is 45.2 Å². The van der Waals surface area contributed by atoms with Gasteiger partial charge in [-0.25, -0.2) is 16.8 Å². The highest BCUT2D eigenvalue weighted by Gasteiger charge is 2.26. The van der Waals surface area contributed by atoms with Gasteiger partial charge < -0.3 is 0 Å². The van der Waals surface area contributed by atoms with Gasteiger partial charge in [-0.15, -0.1) is 0 Å². The minimum absolute atomic E-state index is 0.531. The lowest BCUT2D eigenvalue weighted by Gasteiger charge is -2.01. The van der Waals surface area contributed by atoms with Crippen molar-refractivity contribution in [3.05, 3.63) is 28.3 Å². The second-order valence-corrected chi connectivity index (χ2v) is 7.86. The molecule has 0 spiro atoms. The molecule has 0 aromatic heterocycles. The van der Waals surface area contributed by atoms with E-state index in [0.717, 1.165) is 6.07 Å². The third-order valence-corrected chi connectivity index (χ3v) is 4.37. The van der Waals surface area contributed by atoms with Crippen molar-refractivity contribution in [2.45, 2.75) is 9.79 Å². The molecule has 0 N–H and O–H groups in total. The first kappa shape index (κ1) is 14.2. The molecule has 0 amide bonds. The molecule has 17 heavy (non-hydrogen) atoms. The standard InChI is InChI=1S/C6H3Cl2NO6S2/c7-16(12,13)4-1-2-5(9(10)11)6(3-4)17(8,14)15/h1-3H. The van der Waals surface area contributed by atoms with Gasteiger partial charge in [-0.2, -0.15) is 0 Å². The van der Waals surface area contributed by atoms with Crippen LogP contribution < -0.4 is 0 Å². The molecule has 11 heteroatoms. The van der Waals surface area contributed by atoms with Crippen LogP contribution in [0.1, 0.15) is 0 Å². The van der Waals surface area contributed by atoms with Crippen molar-refractivity contribution in [3.8, 4) is 0 Å². The number of hydrogen-bond acceptors (Lipinski definition) is 6. The maximum Gasteiger partial charge on any atom is 0.289 e. The van der Waals surface area contributed by atoms with E-state index in [4.69, 9.17) is 21.4 Å². The van der Waals surface area contributed by atoms with Crippen LogP contribution in [-0.4, -0.2) is 21.8 Å². The van der Waals surface area contributed by atoms with Crippen LogP contribution in [0.25, 0.3) is 0 Å². The molecule has 0 heterocycles. The van der Waals surface area contributed by atoms with E-state index in [9.17, 15) is 26.9 Å². The van der Waals surface area contributed by atoms with Crippen LogP contribution >= 0.6 is 21.4 Å². The smallest absolute Gasteiger partial charge is 0.258 e. The van der Waals surface area contributed by atoms with E-state index in [1.165, 1.54) is 0 Å².